The molecule has 4 atom stereocenters. The average Bonchev–Trinajstić information content (AvgIpc) is 2.85. The predicted octanol–water partition coefficient (Wildman–Crippen LogP) is 4.68. The number of anilines is 1. The number of hydrogen-bond acceptors (Lipinski definition) is 6. The van der Waals surface area contributed by atoms with Crippen molar-refractivity contribution in [3.63, 3.8) is 0 Å². The molecule has 3 rings (SSSR count). The summed E-state index contributed by atoms with van der Waals surface area (Å²) < 4.78 is 6.06. The zero-order valence-electron chi connectivity index (χ0n) is 19.8. The minimum Gasteiger partial charge on any atom is -0.358 e. The minimum atomic E-state index is -0.152. The molecule has 1 saturated heterocycles. The molecular formula is C24H39N5O. The Bertz CT molecular complexity index is 782. The molecule has 1 fully saturated rings. The van der Waals surface area contributed by atoms with Crippen molar-refractivity contribution in [2.75, 3.05) is 18.0 Å². The van der Waals surface area contributed by atoms with Crippen molar-refractivity contribution < 1.29 is 4.74 Å². The van der Waals surface area contributed by atoms with Crippen molar-refractivity contribution >= 4 is 23.6 Å². The second kappa shape index (κ2) is 9.56. The number of aromatic nitrogens is 1. The molecule has 0 amide bonds. The van der Waals surface area contributed by atoms with Crippen LogP contribution in [0.25, 0.3) is 0 Å². The lowest BCUT2D eigenvalue weighted by molar-refractivity contribution is -0.0706. The monoisotopic (exact) mass is 413 g/mol. The van der Waals surface area contributed by atoms with Crippen LogP contribution in [0.5, 0.6) is 0 Å². The van der Waals surface area contributed by atoms with Gasteiger partial charge in [-0.05, 0) is 78.0 Å². The van der Waals surface area contributed by atoms with Gasteiger partial charge in [0, 0.05) is 43.5 Å². The Kier molecular flexibility index (Phi) is 7.30. The summed E-state index contributed by atoms with van der Waals surface area (Å²) in [7, 11) is 0. The second-order valence-electron chi connectivity index (χ2n) is 9.99. The van der Waals surface area contributed by atoms with E-state index in [4.69, 9.17) is 14.7 Å². The molecule has 1 aromatic heterocycles. The Hall–Kier alpha value is -1.79. The van der Waals surface area contributed by atoms with Crippen molar-refractivity contribution in [2.45, 2.75) is 91.6 Å². The molecule has 0 radical (unpaired) electrons. The highest BCUT2D eigenvalue weighted by Gasteiger charge is 2.32. The summed E-state index contributed by atoms with van der Waals surface area (Å²) in [5.74, 6) is 2.36. The fourth-order valence-electron chi connectivity index (χ4n) is 4.24. The number of aryl methyl sites for hydroxylation is 1. The third kappa shape index (κ3) is 6.61. The minimum absolute atomic E-state index is 0.0177. The standard InChI is InChI=1S/C24H39N5O/c1-16-12-22(27-20-9-8-18(3)25-11-10-20)28-23(13-16)29-14-17(2)21(15-29)26-19(4)30-24(5,6)7/h11-13,17-19,21,26H,8-10,14-15H2,1-7H3. The van der Waals surface area contributed by atoms with E-state index >= 15 is 0 Å². The maximum Gasteiger partial charge on any atom is 0.154 e. The lowest BCUT2D eigenvalue weighted by atomic mass is 10.1. The molecule has 4 unspecified atom stereocenters. The molecule has 1 aromatic rings. The van der Waals surface area contributed by atoms with Crippen LogP contribution < -0.4 is 10.2 Å². The Labute approximate surface area is 182 Å². The number of ether oxygens (including phenoxy) is 1. The van der Waals surface area contributed by atoms with Crippen molar-refractivity contribution in [1.29, 1.82) is 0 Å². The molecule has 0 bridgehead atoms. The molecule has 30 heavy (non-hydrogen) atoms. The van der Waals surface area contributed by atoms with E-state index in [9.17, 15) is 0 Å². The van der Waals surface area contributed by atoms with Crippen LogP contribution in [-0.4, -0.2) is 53.9 Å². The molecule has 2 aliphatic rings. The van der Waals surface area contributed by atoms with Crippen LogP contribution in [0.3, 0.4) is 0 Å². The van der Waals surface area contributed by atoms with Crippen LogP contribution in [0.4, 0.5) is 11.6 Å². The smallest absolute Gasteiger partial charge is 0.154 e. The van der Waals surface area contributed by atoms with Crippen molar-refractivity contribution in [3.05, 3.63) is 17.7 Å². The van der Waals surface area contributed by atoms with Crippen LogP contribution in [0, 0.1) is 12.8 Å². The summed E-state index contributed by atoms with van der Waals surface area (Å²) in [6.07, 6.45) is 4.90. The van der Waals surface area contributed by atoms with Gasteiger partial charge in [-0.2, -0.15) is 0 Å². The van der Waals surface area contributed by atoms with E-state index in [1.54, 1.807) is 0 Å². The summed E-state index contributed by atoms with van der Waals surface area (Å²) in [4.78, 5) is 16.7. The van der Waals surface area contributed by atoms with Gasteiger partial charge >= 0.3 is 0 Å². The number of pyridine rings is 1. The van der Waals surface area contributed by atoms with E-state index in [0.717, 1.165) is 44.0 Å². The summed E-state index contributed by atoms with van der Waals surface area (Å²) in [5, 5.41) is 3.66. The first kappa shape index (κ1) is 22.9. The van der Waals surface area contributed by atoms with Gasteiger partial charge < -0.3 is 9.64 Å². The molecule has 0 aliphatic carbocycles. The van der Waals surface area contributed by atoms with Gasteiger partial charge in [-0.1, -0.05) is 6.92 Å². The first-order valence-electron chi connectivity index (χ1n) is 11.3. The topological polar surface area (TPSA) is 62.1 Å². The van der Waals surface area contributed by atoms with E-state index in [2.05, 4.69) is 75.8 Å². The molecule has 6 heteroatoms. The largest absolute Gasteiger partial charge is 0.358 e. The second-order valence-corrected chi connectivity index (χ2v) is 9.99. The van der Waals surface area contributed by atoms with Gasteiger partial charge in [0.25, 0.3) is 0 Å². The lowest BCUT2D eigenvalue weighted by Gasteiger charge is -2.29. The van der Waals surface area contributed by atoms with Gasteiger partial charge in [0.1, 0.15) is 12.0 Å². The molecule has 0 spiro atoms. The molecule has 166 valence electrons. The van der Waals surface area contributed by atoms with Crippen LogP contribution >= 0.6 is 0 Å². The molecule has 1 N–H and O–H groups in total. The normalized spacial score (nSPS) is 27.5. The number of rotatable bonds is 5. The lowest BCUT2D eigenvalue weighted by Crippen LogP contribution is -2.45. The number of hydrogen-bond donors (Lipinski definition) is 1. The van der Waals surface area contributed by atoms with Crippen LogP contribution in [0.1, 0.15) is 66.4 Å². The molecular weight excluding hydrogens is 374 g/mol. The van der Waals surface area contributed by atoms with Gasteiger partial charge in [-0.25, -0.2) is 9.98 Å². The van der Waals surface area contributed by atoms with Gasteiger partial charge in [-0.3, -0.25) is 10.3 Å². The molecule has 2 aliphatic heterocycles. The van der Waals surface area contributed by atoms with Gasteiger partial charge in [0.15, 0.2) is 5.82 Å². The molecule has 6 nitrogen and oxygen atoms in total. The van der Waals surface area contributed by atoms with E-state index in [-0.39, 0.29) is 11.8 Å². The zero-order valence-corrected chi connectivity index (χ0v) is 19.8. The Balaban J connectivity index is 1.70. The Morgan fingerprint density at radius 1 is 1.23 bits per heavy atom. The van der Waals surface area contributed by atoms with Crippen LogP contribution in [0.15, 0.2) is 22.1 Å². The summed E-state index contributed by atoms with van der Waals surface area (Å²) in [6, 6.07) is 5.01. The van der Waals surface area contributed by atoms with Crippen LogP contribution in [-0.2, 0) is 4.74 Å². The van der Waals surface area contributed by atoms with Gasteiger partial charge in [0.05, 0.1) is 5.60 Å². The maximum absolute atomic E-state index is 6.06. The average molecular weight is 414 g/mol. The Morgan fingerprint density at radius 3 is 2.73 bits per heavy atom. The van der Waals surface area contributed by atoms with Gasteiger partial charge in [0.2, 0.25) is 0 Å². The first-order chi connectivity index (χ1) is 14.1. The Morgan fingerprint density at radius 2 is 2.00 bits per heavy atom. The fraction of sp³-hybridized carbons (Fsp3) is 0.708. The van der Waals surface area contributed by atoms with E-state index in [0.29, 0.717) is 18.0 Å². The van der Waals surface area contributed by atoms with Crippen molar-refractivity contribution in [1.82, 2.24) is 10.3 Å². The summed E-state index contributed by atoms with van der Waals surface area (Å²) in [6.45, 7) is 16.9. The van der Waals surface area contributed by atoms with Crippen molar-refractivity contribution in [2.24, 2.45) is 15.9 Å². The van der Waals surface area contributed by atoms with E-state index in [1.807, 2.05) is 6.21 Å². The third-order valence-electron chi connectivity index (χ3n) is 5.67. The van der Waals surface area contributed by atoms with E-state index in [1.165, 1.54) is 11.3 Å². The third-order valence-corrected chi connectivity index (χ3v) is 5.67. The zero-order chi connectivity index (χ0) is 21.9. The van der Waals surface area contributed by atoms with E-state index < -0.39 is 0 Å². The summed E-state index contributed by atoms with van der Waals surface area (Å²) in [5.41, 5.74) is 2.22. The number of nitrogens with zero attached hydrogens (tertiary/aromatic N) is 4. The maximum atomic E-state index is 6.06. The van der Waals surface area contributed by atoms with Crippen molar-refractivity contribution in [3.8, 4) is 0 Å². The first-order valence-corrected chi connectivity index (χ1v) is 11.3. The predicted molar refractivity (Wildman–Crippen MR) is 126 cm³/mol. The van der Waals surface area contributed by atoms with Crippen LogP contribution in [0.2, 0.25) is 0 Å². The SMILES string of the molecule is Cc1cc(N=C2CC=NC(C)CC2)nc(N2CC(C)C(NC(C)OC(C)(C)C)C2)c1. The highest BCUT2D eigenvalue weighted by Crippen LogP contribution is 2.27. The summed E-state index contributed by atoms with van der Waals surface area (Å²) >= 11 is 0. The number of nitrogens with one attached hydrogen (secondary N) is 1. The molecule has 3 heterocycles. The fourth-order valence-corrected chi connectivity index (χ4v) is 4.24. The quantitative estimate of drug-likeness (QED) is 0.712. The molecule has 0 saturated carbocycles. The highest BCUT2D eigenvalue weighted by molar-refractivity contribution is 5.97. The highest BCUT2D eigenvalue weighted by atomic mass is 16.5. The number of aliphatic imine (C=N–C) groups is 2. The van der Waals surface area contributed by atoms with Gasteiger partial charge in [-0.15, -0.1) is 0 Å². The molecule has 0 aromatic carbocycles.